The average Bonchev–Trinajstić information content (AvgIpc) is 2.72. The summed E-state index contributed by atoms with van der Waals surface area (Å²) < 4.78 is -0.116. The van der Waals surface area contributed by atoms with E-state index in [2.05, 4.69) is 20.4 Å². The van der Waals surface area contributed by atoms with Crippen LogP contribution >= 0.6 is 45.2 Å². The van der Waals surface area contributed by atoms with Gasteiger partial charge in [-0.1, -0.05) is 0 Å². The van der Waals surface area contributed by atoms with E-state index in [0.717, 1.165) is 39.3 Å². The van der Waals surface area contributed by atoms with Gasteiger partial charge in [0.15, 0.2) is 0 Å². The third kappa shape index (κ3) is 9.60. The van der Waals surface area contributed by atoms with Crippen LogP contribution in [-0.4, -0.2) is 118 Å². The first kappa shape index (κ1) is 25.5. The second-order valence-electron chi connectivity index (χ2n) is 7.35. The Hall–Kier alpha value is -0.740. The van der Waals surface area contributed by atoms with Crippen LogP contribution in [0.4, 0.5) is 9.59 Å². The number of rotatable bonds is 9. The number of hydrogen-bond donors (Lipinski definition) is 2. The molecule has 170 valence electrons. The Labute approximate surface area is 204 Å². The highest BCUT2D eigenvalue weighted by Gasteiger charge is 2.24. The normalized spacial score (nSPS) is 18.2. The van der Waals surface area contributed by atoms with Gasteiger partial charge < -0.3 is 20.4 Å². The highest BCUT2D eigenvalue weighted by atomic mass is 127. The molecule has 2 rings (SSSR count). The molecule has 0 aromatic rings. The minimum atomic E-state index is -0.0582. The molecule has 0 atom stereocenters. The summed E-state index contributed by atoms with van der Waals surface area (Å²) in [4.78, 5) is 54.8. The average molecular weight is 648 g/mol. The van der Waals surface area contributed by atoms with E-state index in [9.17, 15) is 19.2 Å². The minimum Gasteiger partial charge on any atom is -0.346 e. The van der Waals surface area contributed by atoms with E-state index in [4.69, 9.17) is 0 Å². The van der Waals surface area contributed by atoms with Gasteiger partial charge in [-0.25, -0.2) is 0 Å². The molecule has 12 heteroatoms. The van der Waals surface area contributed by atoms with E-state index in [1.54, 1.807) is 45.2 Å². The molecule has 2 heterocycles. The van der Waals surface area contributed by atoms with E-state index in [1.165, 1.54) is 0 Å². The summed E-state index contributed by atoms with van der Waals surface area (Å²) in [5.74, 6) is 0.0773. The van der Waals surface area contributed by atoms with Crippen molar-refractivity contribution < 1.29 is 19.2 Å². The molecule has 2 aliphatic rings. The van der Waals surface area contributed by atoms with E-state index in [-0.39, 0.29) is 32.5 Å². The van der Waals surface area contributed by atoms with E-state index < -0.39 is 0 Å². The van der Waals surface area contributed by atoms with Crippen LogP contribution in [0.1, 0.15) is 12.8 Å². The molecular formula is C18H30I2N6O4. The maximum absolute atomic E-state index is 12.5. The molecule has 2 aliphatic heterocycles. The molecule has 30 heavy (non-hydrogen) atoms. The molecule has 0 unspecified atom stereocenters. The van der Waals surface area contributed by atoms with Gasteiger partial charge in [-0.3, -0.25) is 29.0 Å². The third-order valence-electron chi connectivity index (χ3n) is 5.39. The van der Waals surface area contributed by atoms with Gasteiger partial charge in [0.1, 0.15) is 0 Å². The number of nitrogens with zero attached hydrogens (tertiary/aromatic N) is 4. The number of piperazine rings is 2. The number of nitrogens with one attached hydrogen (secondary N) is 2. The Bertz CT molecular complexity index is 555. The van der Waals surface area contributed by atoms with E-state index in [1.807, 2.05) is 9.80 Å². The van der Waals surface area contributed by atoms with Crippen molar-refractivity contribution in [1.29, 1.82) is 0 Å². The molecule has 0 bridgehead atoms. The van der Waals surface area contributed by atoms with Gasteiger partial charge in [-0.15, -0.1) is 0 Å². The van der Waals surface area contributed by atoms with Crippen molar-refractivity contribution in [2.24, 2.45) is 0 Å². The molecule has 2 fully saturated rings. The Morgan fingerprint density at radius 2 is 0.933 bits per heavy atom. The summed E-state index contributed by atoms with van der Waals surface area (Å²) in [6, 6.07) is 0. The smallest absolute Gasteiger partial charge is 0.280 e. The second-order valence-corrected chi connectivity index (χ2v) is 9.31. The fraction of sp³-hybridized carbons (Fsp3) is 0.778. The van der Waals surface area contributed by atoms with Crippen LogP contribution in [0.3, 0.4) is 0 Å². The molecule has 0 radical (unpaired) electrons. The van der Waals surface area contributed by atoms with Gasteiger partial charge in [0.25, 0.3) is 7.83 Å². The lowest BCUT2D eigenvalue weighted by Gasteiger charge is -2.36. The zero-order valence-corrected chi connectivity index (χ0v) is 21.4. The summed E-state index contributed by atoms with van der Waals surface area (Å²) in [6.07, 6.45) is 0.511. The van der Waals surface area contributed by atoms with Gasteiger partial charge in [-0.2, -0.15) is 0 Å². The summed E-state index contributed by atoms with van der Waals surface area (Å²) in [6.45, 7) is 8.61. The molecular weight excluding hydrogens is 618 g/mol. The maximum atomic E-state index is 12.5. The SMILES string of the molecule is O=C(I)NCCN1CCN(C(=O)CCC(=O)N2CCN(CCNC(=O)I)CC2)CC1. The third-order valence-corrected chi connectivity index (χ3v) is 6.15. The van der Waals surface area contributed by atoms with Crippen molar-refractivity contribution >= 4 is 64.8 Å². The Morgan fingerprint density at radius 1 is 0.600 bits per heavy atom. The first-order valence-corrected chi connectivity index (χ1v) is 12.4. The first-order valence-electron chi connectivity index (χ1n) is 10.2. The molecule has 0 aliphatic carbocycles. The van der Waals surface area contributed by atoms with Gasteiger partial charge >= 0.3 is 0 Å². The van der Waals surface area contributed by atoms with Gasteiger partial charge in [0.2, 0.25) is 11.8 Å². The molecule has 2 saturated heterocycles. The molecule has 0 saturated carbocycles. The zero-order chi connectivity index (χ0) is 21.9. The van der Waals surface area contributed by atoms with Crippen LogP contribution in [-0.2, 0) is 9.59 Å². The lowest BCUT2D eigenvalue weighted by molar-refractivity contribution is -0.138. The van der Waals surface area contributed by atoms with E-state index >= 15 is 0 Å². The highest BCUT2D eigenvalue weighted by Crippen LogP contribution is 2.09. The van der Waals surface area contributed by atoms with E-state index in [0.29, 0.717) is 39.3 Å². The zero-order valence-electron chi connectivity index (χ0n) is 17.1. The number of hydrogen-bond acceptors (Lipinski definition) is 6. The predicted molar refractivity (Wildman–Crippen MR) is 130 cm³/mol. The Kier molecular flexibility index (Phi) is 11.6. The van der Waals surface area contributed by atoms with Crippen LogP contribution in [0.2, 0.25) is 0 Å². The molecule has 10 nitrogen and oxygen atoms in total. The van der Waals surface area contributed by atoms with Crippen LogP contribution in [0, 0.1) is 0 Å². The topological polar surface area (TPSA) is 105 Å². The summed E-state index contributed by atoms with van der Waals surface area (Å²) >= 11 is 3.44. The minimum absolute atomic E-state index is 0.0386. The Balaban J connectivity index is 1.58. The summed E-state index contributed by atoms with van der Waals surface area (Å²) in [5.41, 5.74) is 0. The Morgan fingerprint density at radius 3 is 1.23 bits per heavy atom. The lowest BCUT2D eigenvalue weighted by Crippen LogP contribution is -2.51. The van der Waals surface area contributed by atoms with Gasteiger partial charge in [0, 0.05) is 137 Å². The number of carbonyl (C=O) groups is 4. The second kappa shape index (κ2) is 13.6. The standard InChI is InChI=1S/C18H30I2N6O4/c19-17(29)21-3-5-23-7-11-25(12-8-23)15(27)1-2-16(28)26-13-9-24(10-14-26)6-4-22-18(20)30/h1-14H2,(H,21,29)(H,22,30). The quantitative estimate of drug-likeness (QED) is 0.213. The summed E-state index contributed by atoms with van der Waals surface area (Å²) in [5, 5.41) is 5.54. The predicted octanol–water partition coefficient (Wildman–Crippen LogP) is 0.344. The molecule has 0 aromatic carbocycles. The first-order chi connectivity index (χ1) is 14.3. The monoisotopic (exact) mass is 648 g/mol. The highest BCUT2D eigenvalue weighted by molar-refractivity contribution is 14.1. The fourth-order valence-electron chi connectivity index (χ4n) is 3.60. The number of carbonyl (C=O) groups excluding carboxylic acids is 4. The van der Waals surface area contributed by atoms with Crippen LogP contribution in [0.15, 0.2) is 0 Å². The molecule has 0 aromatic heterocycles. The van der Waals surface area contributed by atoms with Crippen molar-refractivity contribution in [3.63, 3.8) is 0 Å². The molecule has 4 amide bonds. The lowest BCUT2D eigenvalue weighted by atomic mass is 10.2. The van der Waals surface area contributed by atoms with Gasteiger partial charge in [-0.05, 0) is 0 Å². The van der Waals surface area contributed by atoms with Crippen LogP contribution < -0.4 is 10.6 Å². The van der Waals surface area contributed by atoms with Crippen molar-refractivity contribution in [3.05, 3.63) is 0 Å². The van der Waals surface area contributed by atoms with Crippen LogP contribution in [0.25, 0.3) is 0 Å². The molecule has 2 N–H and O–H groups in total. The fourth-order valence-corrected chi connectivity index (χ4v) is 4.14. The van der Waals surface area contributed by atoms with Crippen LogP contribution in [0.5, 0.6) is 0 Å². The van der Waals surface area contributed by atoms with Crippen molar-refractivity contribution in [1.82, 2.24) is 30.2 Å². The largest absolute Gasteiger partial charge is 0.346 e. The number of amides is 4. The number of halogens is 2. The van der Waals surface area contributed by atoms with Crippen molar-refractivity contribution in [3.8, 4) is 0 Å². The summed E-state index contributed by atoms with van der Waals surface area (Å²) in [7, 11) is 0. The molecule has 0 spiro atoms. The maximum Gasteiger partial charge on any atom is 0.280 e. The van der Waals surface area contributed by atoms with Crippen molar-refractivity contribution in [2.45, 2.75) is 12.8 Å². The van der Waals surface area contributed by atoms with Gasteiger partial charge in [0.05, 0.1) is 0 Å². The van der Waals surface area contributed by atoms with Crippen molar-refractivity contribution in [2.75, 3.05) is 78.5 Å².